The highest BCUT2D eigenvalue weighted by Gasteiger charge is 2.04. The van der Waals surface area contributed by atoms with E-state index >= 15 is 0 Å². The zero-order chi connectivity index (χ0) is 15.2. The van der Waals surface area contributed by atoms with Crippen LogP contribution < -0.4 is 10.1 Å². The van der Waals surface area contributed by atoms with Gasteiger partial charge in [-0.05, 0) is 58.6 Å². The van der Waals surface area contributed by atoms with Crippen molar-refractivity contribution >= 4 is 15.9 Å². The molecule has 0 spiro atoms. The van der Waals surface area contributed by atoms with Crippen molar-refractivity contribution in [3.63, 3.8) is 0 Å². The Bertz CT molecular complexity index is 582. The van der Waals surface area contributed by atoms with Gasteiger partial charge in [0.2, 0.25) is 5.88 Å². The number of aryl methyl sites for hydroxylation is 1. The molecule has 0 saturated carbocycles. The third-order valence-corrected chi connectivity index (χ3v) is 3.60. The summed E-state index contributed by atoms with van der Waals surface area (Å²) in [4.78, 5) is 4.35. The maximum atomic E-state index is 5.78. The number of hydrogen-bond donors (Lipinski definition) is 1. The normalized spacial score (nSPS) is 10.9. The molecule has 2 aromatic rings. The van der Waals surface area contributed by atoms with E-state index in [4.69, 9.17) is 4.74 Å². The van der Waals surface area contributed by atoms with Crippen LogP contribution in [0.4, 0.5) is 0 Å². The number of aromatic nitrogens is 1. The Hall–Kier alpha value is -1.39. The molecule has 0 radical (unpaired) electrons. The SMILES string of the molecule is Cc1ccc(Oc2ccc(CNCC(C)C)cn2)c(Br)c1. The molecule has 0 bridgehead atoms. The molecule has 0 aliphatic heterocycles. The van der Waals surface area contributed by atoms with Gasteiger partial charge in [-0.25, -0.2) is 4.98 Å². The van der Waals surface area contributed by atoms with Gasteiger partial charge in [0.25, 0.3) is 0 Å². The minimum atomic E-state index is 0.604. The number of hydrogen-bond acceptors (Lipinski definition) is 3. The van der Waals surface area contributed by atoms with Crippen molar-refractivity contribution in [1.29, 1.82) is 0 Å². The zero-order valence-electron chi connectivity index (χ0n) is 12.7. The van der Waals surface area contributed by atoms with Gasteiger partial charge in [-0.3, -0.25) is 0 Å². The van der Waals surface area contributed by atoms with Gasteiger partial charge in [0, 0.05) is 18.8 Å². The Kier molecular flexibility index (Phi) is 5.76. The summed E-state index contributed by atoms with van der Waals surface area (Å²) in [6.45, 7) is 8.28. The molecule has 1 aromatic carbocycles. The van der Waals surface area contributed by atoms with E-state index in [1.54, 1.807) is 0 Å². The van der Waals surface area contributed by atoms with Crippen LogP contribution in [-0.2, 0) is 6.54 Å². The van der Waals surface area contributed by atoms with Gasteiger partial charge < -0.3 is 10.1 Å². The molecule has 4 heteroatoms. The van der Waals surface area contributed by atoms with E-state index in [0.29, 0.717) is 11.8 Å². The summed E-state index contributed by atoms with van der Waals surface area (Å²) in [5.41, 5.74) is 2.35. The standard InChI is InChI=1S/C17H21BrN2O/c1-12(2)9-19-10-14-5-7-17(20-11-14)21-16-6-4-13(3)8-15(16)18/h4-8,11-12,19H,9-10H2,1-3H3. The van der Waals surface area contributed by atoms with Crippen LogP contribution in [-0.4, -0.2) is 11.5 Å². The summed E-state index contributed by atoms with van der Waals surface area (Å²) >= 11 is 3.50. The topological polar surface area (TPSA) is 34.1 Å². The second-order valence-electron chi connectivity index (χ2n) is 5.57. The van der Waals surface area contributed by atoms with Crippen LogP contribution in [0.3, 0.4) is 0 Å². The van der Waals surface area contributed by atoms with Crippen molar-refractivity contribution in [2.75, 3.05) is 6.54 Å². The first-order chi connectivity index (χ1) is 10.0. The molecule has 0 atom stereocenters. The largest absolute Gasteiger partial charge is 0.438 e. The molecule has 1 N–H and O–H groups in total. The number of nitrogens with zero attached hydrogens (tertiary/aromatic N) is 1. The molecule has 0 fully saturated rings. The van der Waals surface area contributed by atoms with E-state index < -0.39 is 0 Å². The van der Waals surface area contributed by atoms with Gasteiger partial charge in [-0.15, -0.1) is 0 Å². The molecule has 1 heterocycles. The number of benzene rings is 1. The van der Waals surface area contributed by atoms with Crippen LogP contribution >= 0.6 is 15.9 Å². The number of halogens is 1. The highest BCUT2D eigenvalue weighted by atomic mass is 79.9. The molecule has 0 saturated heterocycles. The first kappa shape index (κ1) is 16.0. The number of pyridine rings is 1. The van der Waals surface area contributed by atoms with Crippen LogP contribution in [0.15, 0.2) is 41.0 Å². The van der Waals surface area contributed by atoms with Crippen molar-refractivity contribution in [2.24, 2.45) is 5.92 Å². The van der Waals surface area contributed by atoms with Crippen molar-refractivity contribution in [3.8, 4) is 11.6 Å². The van der Waals surface area contributed by atoms with Crippen LogP contribution in [0, 0.1) is 12.8 Å². The zero-order valence-corrected chi connectivity index (χ0v) is 14.3. The average molecular weight is 349 g/mol. The van der Waals surface area contributed by atoms with E-state index in [1.807, 2.05) is 43.5 Å². The molecule has 0 aliphatic rings. The Balaban J connectivity index is 1.95. The predicted molar refractivity (Wildman–Crippen MR) is 89.7 cm³/mol. The molecule has 3 nitrogen and oxygen atoms in total. The first-order valence-corrected chi connectivity index (χ1v) is 7.93. The summed E-state index contributed by atoms with van der Waals surface area (Å²) in [6.07, 6.45) is 1.85. The van der Waals surface area contributed by atoms with Crippen molar-refractivity contribution in [1.82, 2.24) is 10.3 Å². The molecule has 2 rings (SSSR count). The molecular formula is C17H21BrN2O. The van der Waals surface area contributed by atoms with E-state index in [1.165, 1.54) is 5.56 Å². The number of ether oxygens (including phenoxy) is 1. The van der Waals surface area contributed by atoms with Crippen LogP contribution in [0.5, 0.6) is 11.6 Å². The van der Waals surface area contributed by atoms with Crippen molar-refractivity contribution in [3.05, 3.63) is 52.1 Å². The minimum absolute atomic E-state index is 0.604. The summed E-state index contributed by atoms with van der Waals surface area (Å²) in [5, 5.41) is 3.40. The van der Waals surface area contributed by atoms with E-state index in [-0.39, 0.29) is 0 Å². The van der Waals surface area contributed by atoms with E-state index in [0.717, 1.165) is 28.9 Å². The molecule has 21 heavy (non-hydrogen) atoms. The predicted octanol–water partition coefficient (Wildman–Crippen LogP) is 4.69. The lowest BCUT2D eigenvalue weighted by molar-refractivity contribution is 0.459. The highest BCUT2D eigenvalue weighted by molar-refractivity contribution is 9.10. The van der Waals surface area contributed by atoms with Crippen LogP contribution in [0.2, 0.25) is 0 Å². The lowest BCUT2D eigenvalue weighted by atomic mass is 10.2. The molecular weight excluding hydrogens is 328 g/mol. The van der Waals surface area contributed by atoms with Gasteiger partial charge in [-0.2, -0.15) is 0 Å². The summed E-state index contributed by atoms with van der Waals surface area (Å²) in [7, 11) is 0. The fraction of sp³-hybridized carbons (Fsp3) is 0.353. The second kappa shape index (κ2) is 7.57. The molecule has 0 aliphatic carbocycles. The van der Waals surface area contributed by atoms with Gasteiger partial charge >= 0.3 is 0 Å². The number of nitrogens with one attached hydrogen (secondary N) is 1. The number of rotatable bonds is 6. The van der Waals surface area contributed by atoms with Gasteiger partial charge in [-0.1, -0.05) is 26.0 Å². The lowest BCUT2D eigenvalue weighted by Gasteiger charge is -2.09. The maximum absolute atomic E-state index is 5.78. The summed E-state index contributed by atoms with van der Waals surface area (Å²) in [6, 6.07) is 9.93. The van der Waals surface area contributed by atoms with E-state index in [2.05, 4.69) is 40.1 Å². The van der Waals surface area contributed by atoms with Crippen LogP contribution in [0.1, 0.15) is 25.0 Å². The smallest absolute Gasteiger partial charge is 0.219 e. The van der Waals surface area contributed by atoms with Crippen molar-refractivity contribution in [2.45, 2.75) is 27.3 Å². The molecule has 0 unspecified atom stereocenters. The Morgan fingerprint density at radius 3 is 2.67 bits per heavy atom. The fourth-order valence-corrected chi connectivity index (χ4v) is 2.46. The molecule has 1 aromatic heterocycles. The van der Waals surface area contributed by atoms with Gasteiger partial charge in [0.05, 0.1) is 4.47 Å². The van der Waals surface area contributed by atoms with Crippen LogP contribution in [0.25, 0.3) is 0 Å². The Labute approximate surface area is 134 Å². The highest BCUT2D eigenvalue weighted by Crippen LogP contribution is 2.29. The quantitative estimate of drug-likeness (QED) is 0.822. The summed E-state index contributed by atoms with van der Waals surface area (Å²) < 4.78 is 6.72. The molecule has 0 amide bonds. The van der Waals surface area contributed by atoms with Gasteiger partial charge in [0.15, 0.2) is 0 Å². The second-order valence-corrected chi connectivity index (χ2v) is 6.42. The van der Waals surface area contributed by atoms with E-state index in [9.17, 15) is 0 Å². The Morgan fingerprint density at radius 1 is 1.24 bits per heavy atom. The minimum Gasteiger partial charge on any atom is -0.438 e. The maximum Gasteiger partial charge on any atom is 0.219 e. The molecule has 112 valence electrons. The Morgan fingerprint density at radius 2 is 2.05 bits per heavy atom. The first-order valence-electron chi connectivity index (χ1n) is 7.14. The van der Waals surface area contributed by atoms with Crippen molar-refractivity contribution < 1.29 is 4.74 Å². The fourth-order valence-electron chi connectivity index (χ4n) is 1.88. The summed E-state index contributed by atoms with van der Waals surface area (Å²) in [5.74, 6) is 2.03. The lowest BCUT2D eigenvalue weighted by Crippen LogP contribution is -2.18. The average Bonchev–Trinajstić information content (AvgIpc) is 2.43. The third kappa shape index (κ3) is 5.14. The van der Waals surface area contributed by atoms with Gasteiger partial charge in [0.1, 0.15) is 5.75 Å². The monoisotopic (exact) mass is 348 g/mol. The third-order valence-electron chi connectivity index (χ3n) is 2.98.